The van der Waals surface area contributed by atoms with Crippen LogP contribution >= 0.6 is 0 Å². The van der Waals surface area contributed by atoms with Crippen LogP contribution in [0.2, 0.25) is 0 Å². The van der Waals surface area contributed by atoms with Crippen molar-refractivity contribution >= 4 is 38.4 Å². The van der Waals surface area contributed by atoms with Crippen molar-refractivity contribution in [2.75, 3.05) is 38.3 Å². The van der Waals surface area contributed by atoms with Gasteiger partial charge >= 0.3 is 0 Å². The van der Waals surface area contributed by atoms with E-state index in [-0.39, 0.29) is 49.4 Å². The predicted octanol–water partition coefficient (Wildman–Crippen LogP) is 2.47. The summed E-state index contributed by atoms with van der Waals surface area (Å²) in [5.74, 6) is -0.494. The molecule has 3 aromatic rings. The molecule has 0 radical (unpaired) electrons. The standard InChI is InChI=1S/C28H36N4O6S/c1-18-14-32(19(2)17-33)28(35)23-13-21(10-11-25(23)38-26(18)16-31(4)39(5,36)37)29-27(34)12-20-15-30(3)24-9-7-6-8-22(20)24/h6-11,13,15,18-19,26,33H,12,14,16-17H2,1-5H3,(H,29,34)/t18-,19+,26+/m0/s1. The fourth-order valence-electron chi connectivity index (χ4n) is 4.85. The number of para-hydroxylation sites is 1. The van der Waals surface area contributed by atoms with E-state index in [1.54, 1.807) is 30.0 Å². The zero-order valence-electron chi connectivity index (χ0n) is 22.9. The fraction of sp³-hybridized carbons (Fsp3) is 0.429. The Kier molecular flexibility index (Phi) is 8.34. The molecule has 4 rings (SSSR count). The van der Waals surface area contributed by atoms with Crippen molar-refractivity contribution < 1.29 is 27.9 Å². The van der Waals surface area contributed by atoms with E-state index in [0.29, 0.717) is 11.4 Å². The van der Waals surface area contributed by atoms with Gasteiger partial charge in [0.1, 0.15) is 11.9 Å². The summed E-state index contributed by atoms with van der Waals surface area (Å²) in [4.78, 5) is 28.2. The summed E-state index contributed by atoms with van der Waals surface area (Å²) in [6, 6.07) is 12.3. The number of aliphatic hydroxyl groups excluding tert-OH is 1. The number of nitrogens with one attached hydrogen (secondary N) is 1. The second-order valence-corrected chi connectivity index (χ2v) is 12.5. The topological polar surface area (TPSA) is 121 Å². The summed E-state index contributed by atoms with van der Waals surface area (Å²) in [5.41, 5.74) is 2.60. The minimum atomic E-state index is -3.44. The van der Waals surface area contributed by atoms with E-state index >= 15 is 0 Å². The van der Waals surface area contributed by atoms with Crippen LogP contribution in [0, 0.1) is 5.92 Å². The highest BCUT2D eigenvalue weighted by atomic mass is 32.2. The maximum Gasteiger partial charge on any atom is 0.258 e. The molecule has 2 aromatic carbocycles. The average Bonchev–Trinajstić information content (AvgIpc) is 3.20. The van der Waals surface area contributed by atoms with Crippen LogP contribution in [0.15, 0.2) is 48.7 Å². The average molecular weight is 557 g/mol. The quantitative estimate of drug-likeness (QED) is 0.440. The Labute approximate surface area is 229 Å². The Morgan fingerprint density at radius 2 is 1.97 bits per heavy atom. The van der Waals surface area contributed by atoms with Gasteiger partial charge in [-0.05, 0) is 36.8 Å². The maximum atomic E-state index is 13.6. The summed E-state index contributed by atoms with van der Waals surface area (Å²) in [6.45, 7) is 3.76. The van der Waals surface area contributed by atoms with Crippen LogP contribution in [0.5, 0.6) is 5.75 Å². The van der Waals surface area contributed by atoms with Crippen molar-refractivity contribution in [3.63, 3.8) is 0 Å². The van der Waals surface area contributed by atoms with Gasteiger partial charge in [0.25, 0.3) is 5.91 Å². The van der Waals surface area contributed by atoms with E-state index in [9.17, 15) is 23.1 Å². The number of aryl methyl sites for hydroxylation is 1. The van der Waals surface area contributed by atoms with E-state index in [1.807, 2.05) is 49.0 Å². The van der Waals surface area contributed by atoms with Gasteiger partial charge in [-0.3, -0.25) is 9.59 Å². The third-order valence-corrected chi connectivity index (χ3v) is 8.56. The predicted molar refractivity (Wildman–Crippen MR) is 150 cm³/mol. The summed E-state index contributed by atoms with van der Waals surface area (Å²) in [5, 5.41) is 13.7. The zero-order chi connectivity index (χ0) is 28.5. The summed E-state index contributed by atoms with van der Waals surface area (Å²) in [7, 11) is -0.0230. The molecular weight excluding hydrogens is 520 g/mol. The molecule has 10 nitrogen and oxygen atoms in total. The number of ether oxygens (including phenoxy) is 1. The van der Waals surface area contributed by atoms with Crippen LogP contribution < -0.4 is 10.1 Å². The molecule has 0 unspecified atom stereocenters. The lowest BCUT2D eigenvalue weighted by Crippen LogP contribution is -2.50. The SMILES string of the molecule is C[C@H](CO)N1C[C@H](C)[C@@H](CN(C)S(C)(=O)=O)Oc2ccc(NC(=O)Cc3cn(C)c4ccccc34)cc2C1=O. The normalized spacial score (nSPS) is 18.8. The summed E-state index contributed by atoms with van der Waals surface area (Å²) in [6.07, 6.45) is 2.68. The molecule has 0 fully saturated rings. The Hall–Kier alpha value is -3.41. The first-order chi connectivity index (χ1) is 18.4. The molecule has 2 amide bonds. The highest BCUT2D eigenvalue weighted by Crippen LogP contribution is 2.31. The summed E-state index contributed by atoms with van der Waals surface area (Å²) < 4.78 is 33.6. The minimum absolute atomic E-state index is 0.0957. The number of hydrogen-bond donors (Lipinski definition) is 2. The first-order valence-corrected chi connectivity index (χ1v) is 14.7. The van der Waals surface area contributed by atoms with Crippen LogP contribution in [0.25, 0.3) is 10.9 Å². The number of sulfonamides is 1. The van der Waals surface area contributed by atoms with Gasteiger partial charge in [-0.15, -0.1) is 0 Å². The molecule has 2 N–H and O–H groups in total. The van der Waals surface area contributed by atoms with Crippen molar-refractivity contribution in [1.29, 1.82) is 0 Å². The van der Waals surface area contributed by atoms with Gasteiger partial charge in [0, 0.05) is 49.3 Å². The molecule has 1 aromatic heterocycles. The van der Waals surface area contributed by atoms with Crippen LogP contribution in [0.3, 0.4) is 0 Å². The molecule has 0 bridgehead atoms. The van der Waals surface area contributed by atoms with Crippen LogP contribution in [-0.2, 0) is 28.3 Å². The van der Waals surface area contributed by atoms with E-state index in [4.69, 9.17) is 4.74 Å². The first kappa shape index (κ1) is 28.6. The first-order valence-electron chi connectivity index (χ1n) is 12.9. The van der Waals surface area contributed by atoms with Gasteiger partial charge in [0.15, 0.2) is 0 Å². The number of rotatable bonds is 8. The van der Waals surface area contributed by atoms with Crippen molar-refractivity contribution in [2.45, 2.75) is 32.4 Å². The molecule has 0 aliphatic carbocycles. The lowest BCUT2D eigenvalue weighted by Gasteiger charge is -2.38. The number of benzene rings is 2. The van der Waals surface area contributed by atoms with Crippen LogP contribution in [0.1, 0.15) is 29.8 Å². The second-order valence-electron chi connectivity index (χ2n) is 10.4. The molecule has 39 heavy (non-hydrogen) atoms. The second kappa shape index (κ2) is 11.4. The Morgan fingerprint density at radius 3 is 2.67 bits per heavy atom. The van der Waals surface area contributed by atoms with Crippen molar-refractivity contribution in [3.8, 4) is 5.75 Å². The number of nitrogens with zero attached hydrogens (tertiary/aromatic N) is 3. The molecule has 0 saturated heterocycles. The number of fused-ring (bicyclic) bond motifs is 2. The van der Waals surface area contributed by atoms with Gasteiger partial charge in [0.2, 0.25) is 15.9 Å². The number of anilines is 1. The number of hydrogen-bond acceptors (Lipinski definition) is 6. The van der Waals surface area contributed by atoms with Crippen molar-refractivity contribution in [2.24, 2.45) is 13.0 Å². The van der Waals surface area contributed by atoms with E-state index in [0.717, 1.165) is 22.7 Å². The fourth-order valence-corrected chi connectivity index (χ4v) is 5.27. The highest BCUT2D eigenvalue weighted by Gasteiger charge is 2.34. The molecule has 1 aliphatic heterocycles. The third kappa shape index (κ3) is 6.26. The Bertz CT molecular complexity index is 1480. The lowest BCUT2D eigenvalue weighted by molar-refractivity contribution is -0.115. The largest absolute Gasteiger partial charge is 0.488 e. The number of carbonyl (C=O) groups excluding carboxylic acids is 2. The van der Waals surface area contributed by atoms with E-state index in [2.05, 4.69) is 5.32 Å². The van der Waals surface area contributed by atoms with Gasteiger partial charge in [-0.1, -0.05) is 25.1 Å². The van der Waals surface area contributed by atoms with E-state index < -0.39 is 22.2 Å². The number of amides is 2. The summed E-state index contributed by atoms with van der Waals surface area (Å²) >= 11 is 0. The van der Waals surface area contributed by atoms with Gasteiger partial charge < -0.3 is 24.6 Å². The monoisotopic (exact) mass is 556 g/mol. The minimum Gasteiger partial charge on any atom is -0.488 e. The third-order valence-electron chi connectivity index (χ3n) is 7.28. The van der Waals surface area contributed by atoms with Gasteiger partial charge in [-0.2, -0.15) is 0 Å². The highest BCUT2D eigenvalue weighted by molar-refractivity contribution is 7.88. The number of likely N-dealkylation sites (N-methyl/N-ethyl adjacent to an activating group) is 1. The van der Waals surface area contributed by atoms with Crippen molar-refractivity contribution in [3.05, 3.63) is 59.8 Å². The Balaban J connectivity index is 1.62. The molecule has 3 atom stereocenters. The van der Waals surface area contributed by atoms with Crippen LogP contribution in [0.4, 0.5) is 5.69 Å². The molecule has 2 heterocycles. The lowest BCUT2D eigenvalue weighted by atomic mass is 9.99. The van der Waals surface area contributed by atoms with Gasteiger partial charge in [-0.25, -0.2) is 12.7 Å². The molecule has 210 valence electrons. The molecule has 0 saturated carbocycles. The smallest absolute Gasteiger partial charge is 0.258 e. The molecule has 11 heteroatoms. The van der Waals surface area contributed by atoms with Gasteiger partial charge in [0.05, 0.1) is 37.4 Å². The Morgan fingerprint density at radius 1 is 1.26 bits per heavy atom. The number of aliphatic hydroxyl groups is 1. The van der Waals surface area contributed by atoms with Crippen molar-refractivity contribution in [1.82, 2.24) is 13.8 Å². The van der Waals surface area contributed by atoms with Crippen LogP contribution in [-0.4, -0.2) is 84.3 Å². The number of aromatic nitrogens is 1. The zero-order valence-corrected chi connectivity index (χ0v) is 23.7. The van der Waals surface area contributed by atoms with E-state index in [1.165, 1.54) is 11.4 Å². The maximum absolute atomic E-state index is 13.6. The number of carbonyl (C=O) groups is 2. The molecule has 0 spiro atoms. The molecular formula is C28H36N4O6S. The molecule has 1 aliphatic rings.